The second-order valence-corrected chi connectivity index (χ2v) is 2.49. The van der Waals surface area contributed by atoms with E-state index in [0.717, 1.165) is 0 Å². The maximum Gasteiger partial charge on any atom is 0.440 e. The fourth-order valence-corrected chi connectivity index (χ4v) is 0.408. The number of rotatable bonds is 6. The number of alkyl halides is 2. The largest absolute Gasteiger partial charge is 0.440 e. The number of hydrogen-bond donors (Lipinski definition) is 0. The highest BCUT2D eigenvalue weighted by Gasteiger charge is 2.03. The van der Waals surface area contributed by atoms with Gasteiger partial charge < -0.3 is 9.31 Å². The zero-order valence-electron chi connectivity index (χ0n) is 6.00. The van der Waals surface area contributed by atoms with E-state index in [-0.39, 0.29) is 7.69 Å². The van der Waals surface area contributed by atoms with Crippen LogP contribution >= 0.6 is 23.2 Å². The first-order chi connectivity index (χ1) is 5.20. The number of halogens is 2. The van der Waals surface area contributed by atoms with Gasteiger partial charge in [-0.05, 0) is 12.2 Å². The van der Waals surface area contributed by atoms with E-state index in [2.05, 4.69) is 13.2 Å². The highest BCUT2D eigenvalue weighted by Crippen LogP contribution is 2.01. The van der Waals surface area contributed by atoms with Crippen LogP contribution in [0, 0.1) is 0 Å². The maximum absolute atomic E-state index is 5.50. The van der Waals surface area contributed by atoms with Crippen LogP contribution in [0.4, 0.5) is 0 Å². The predicted molar refractivity (Wildman–Crippen MR) is 49.0 cm³/mol. The molecule has 0 N–H and O–H groups in total. The second kappa shape index (κ2) is 6.74. The van der Waals surface area contributed by atoms with Gasteiger partial charge in [0.05, 0.1) is 0 Å². The molecule has 0 spiro atoms. The third kappa shape index (κ3) is 6.44. The Hall–Kier alpha value is 0.0449. The molecule has 0 saturated carbocycles. The lowest BCUT2D eigenvalue weighted by Crippen LogP contribution is -2.13. The molecule has 0 rings (SSSR count). The molecule has 62 valence electrons. The zero-order valence-corrected chi connectivity index (χ0v) is 7.52. The average Bonchev–Trinajstić information content (AvgIpc) is 2.04. The van der Waals surface area contributed by atoms with Crippen molar-refractivity contribution in [2.24, 2.45) is 0 Å². The molecule has 0 fully saturated rings. The average molecular weight is 195 g/mol. The molecule has 0 aromatic rings. The van der Waals surface area contributed by atoms with Gasteiger partial charge in [0.2, 0.25) is 0 Å². The van der Waals surface area contributed by atoms with Crippen molar-refractivity contribution in [1.29, 1.82) is 0 Å². The third-order valence-corrected chi connectivity index (χ3v) is 1.43. The minimum Gasteiger partial charge on any atom is -0.394 e. The highest BCUT2D eigenvalue weighted by atomic mass is 35.5. The Labute approximate surface area is 77.1 Å². The lowest BCUT2D eigenvalue weighted by Gasteiger charge is -2.07. The molecule has 2 atom stereocenters. The van der Waals surface area contributed by atoms with Crippen molar-refractivity contribution in [3.8, 4) is 0 Å². The molecule has 0 aliphatic rings. The zero-order chi connectivity index (χ0) is 8.69. The van der Waals surface area contributed by atoms with Gasteiger partial charge in [-0.3, -0.25) is 0 Å². The van der Waals surface area contributed by atoms with Crippen molar-refractivity contribution in [2.75, 3.05) is 0 Å². The van der Waals surface area contributed by atoms with E-state index in [1.54, 1.807) is 0 Å². The fraction of sp³-hybridized carbons (Fsp3) is 0.333. The topological polar surface area (TPSA) is 18.5 Å². The SMILES string of the molecule is C=CC(Cl)OBOC(Cl)C=C. The molecule has 0 bridgehead atoms. The summed E-state index contributed by atoms with van der Waals surface area (Å²) in [6.45, 7) is 6.83. The third-order valence-electron chi connectivity index (χ3n) is 0.825. The van der Waals surface area contributed by atoms with Crippen LogP contribution in [0.3, 0.4) is 0 Å². The van der Waals surface area contributed by atoms with E-state index >= 15 is 0 Å². The molecule has 5 heteroatoms. The van der Waals surface area contributed by atoms with Gasteiger partial charge in [0.1, 0.15) is 11.1 Å². The molecule has 0 aliphatic carbocycles. The molecular formula is C6H9BCl2O2. The summed E-state index contributed by atoms with van der Waals surface area (Å²) in [5.74, 6) is 0. The molecule has 0 amide bonds. The first-order valence-electron chi connectivity index (χ1n) is 2.97. The van der Waals surface area contributed by atoms with E-state index in [0.29, 0.717) is 0 Å². The summed E-state index contributed by atoms with van der Waals surface area (Å²) >= 11 is 11.0. The predicted octanol–water partition coefficient (Wildman–Crippen LogP) is 1.79. The van der Waals surface area contributed by atoms with Gasteiger partial charge in [0.25, 0.3) is 0 Å². The minimum atomic E-state index is -0.538. The Morgan fingerprint density at radius 1 is 1.09 bits per heavy atom. The summed E-state index contributed by atoms with van der Waals surface area (Å²) in [6, 6.07) is 0. The molecule has 0 aromatic carbocycles. The van der Waals surface area contributed by atoms with Crippen molar-refractivity contribution in [2.45, 2.75) is 11.1 Å². The standard InChI is InChI=1S/C6H9BCl2O2/c1-3-5(8)10-7-11-6(9)4-2/h3-7H,1-2H2. The first kappa shape index (κ1) is 11.0. The van der Waals surface area contributed by atoms with Crippen LogP contribution in [-0.4, -0.2) is 18.8 Å². The molecule has 2 nitrogen and oxygen atoms in total. The molecule has 0 saturated heterocycles. The molecule has 0 radical (unpaired) electrons. The summed E-state index contributed by atoms with van der Waals surface area (Å²) in [5.41, 5.74) is -1.08. The summed E-state index contributed by atoms with van der Waals surface area (Å²) in [6.07, 6.45) is 2.89. The van der Waals surface area contributed by atoms with Gasteiger partial charge >= 0.3 is 7.69 Å². The normalized spacial score (nSPS) is 15.1. The van der Waals surface area contributed by atoms with E-state index in [4.69, 9.17) is 32.5 Å². The number of hydrogen-bond acceptors (Lipinski definition) is 2. The smallest absolute Gasteiger partial charge is 0.394 e. The highest BCUT2D eigenvalue weighted by molar-refractivity contribution is 6.28. The molecule has 0 aliphatic heterocycles. The maximum atomic E-state index is 5.50. The molecule has 2 unspecified atom stereocenters. The molecule has 0 aromatic heterocycles. The Bertz CT molecular complexity index is 118. The van der Waals surface area contributed by atoms with Crippen molar-refractivity contribution in [3.63, 3.8) is 0 Å². The van der Waals surface area contributed by atoms with Gasteiger partial charge in [-0.2, -0.15) is 0 Å². The summed E-state index contributed by atoms with van der Waals surface area (Å²) in [4.78, 5) is 0. The molecule has 11 heavy (non-hydrogen) atoms. The Balaban J connectivity index is 3.26. The van der Waals surface area contributed by atoms with Gasteiger partial charge in [-0.1, -0.05) is 36.4 Å². The monoisotopic (exact) mass is 194 g/mol. The van der Waals surface area contributed by atoms with E-state index in [9.17, 15) is 0 Å². The van der Waals surface area contributed by atoms with Crippen molar-refractivity contribution < 1.29 is 9.31 Å². The fourth-order valence-electron chi connectivity index (χ4n) is 0.305. The van der Waals surface area contributed by atoms with E-state index in [1.165, 1.54) is 12.2 Å². The quantitative estimate of drug-likeness (QED) is 0.365. The lowest BCUT2D eigenvalue weighted by atomic mass is 10.4. The van der Waals surface area contributed by atoms with E-state index < -0.39 is 11.1 Å². The van der Waals surface area contributed by atoms with E-state index in [1.807, 2.05) is 0 Å². The van der Waals surface area contributed by atoms with Crippen LogP contribution in [0.1, 0.15) is 0 Å². The molecular weight excluding hydrogens is 186 g/mol. The Kier molecular flexibility index (Phi) is 6.76. The van der Waals surface area contributed by atoms with Crippen molar-refractivity contribution >= 4 is 30.9 Å². The van der Waals surface area contributed by atoms with Gasteiger partial charge in [0, 0.05) is 0 Å². The molecule has 0 heterocycles. The summed E-state index contributed by atoms with van der Waals surface area (Å²) < 4.78 is 9.71. The van der Waals surface area contributed by atoms with Crippen LogP contribution in [-0.2, 0) is 9.31 Å². The van der Waals surface area contributed by atoms with Gasteiger partial charge in [0.15, 0.2) is 0 Å². The minimum absolute atomic E-state index is 0.0281. The van der Waals surface area contributed by atoms with Crippen molar-refractivity contribution in [3.05, 3.63) is 25.3 Å². The van der Waals surface area contributed by atoms with Crippen LogP contribution in [0.5, 0.6) is 0 Å². The van der Waals surface area contributed by atoms with Gasteiger partial charge in [-0.25, -0.2) is 0 Å². The summed E-state index contributed by atoms with van der Waals surface area (Å²) in [5, 5.41) is 0. The first-order valence-corrected chi connectivity index (χ1v) is 3.84. The van der Waals surface area contributed by atoms with Crippen LogP contribution < -0.4 is 0 Å². The Morgan fingerprint density at radius 2 is 1.45 bits per heavy atom. The van der Waals surface area contributed by atoms with Gasteiger partial charge in [-0.15, -0.1) is 0 Å². The van der Waals surface area contributed by atoms with Crippen molar-refractivity contribution in [1.82, 2.24) is 0 Å². The summed E-state index contributed by atoms with van der Waals surface area (Å²) in [7, 11) is 0.0281. The second-order valence-electron chi connectivity index (χ2n) is 1.62. The van der Waals surface area contributed by atoms with Crippen LogP contribution in [0.2, 0.25) is 0 Å². The van der Waals surface area contributed by atoms with Crippen LogP contribution in [0.25, 0.3) is 0 Å². The lowest BCUT2D eigenvalue weighted by molar-refractivity contribution is 0.226. The Morgan fingerprint density at radius 3 is 1.73 bits per heavy atom. The van der Waals surface area contributed by atoms with Crippen LogP contribution in [0.15, 0.2) is 25.3 Å².